The van der Waals surface area contributed by atoms with Crippen LogP contribution in [0, 0.1) is 0 Å². The van der Waals surface area contributed by atoms with E-state index < -0.39 is 17.6 Å². The first kappa shape index (κ1) is 13.1. The molecule has 0 aromatic rings. The molecular weight excluding hydrogens is 196 g/mol. The van der Waals surface area contributed by atoms with Gasteiger partial charge >= 0.3 is 8.56 Å². The molecule has 0 heterocycles. The third-order valence-corrected chi connectivity index (χ3v) is 6.07. The van der Waals surface area contributed by atoms with Crippen LogP contribution >= 0.6 is 0 Å². The van der Waals surface area contributed by atoms with Crippen LogP contribution in [0.3, 0.4) is 0 Å². The van der Waals surface area contributed by atoms with Crippen molar-refractivity contribution in [3.8, 4) is 0 Å². The molecule has 2 nitrogen and oxygen atoms in total. The van der Waals surface area contributed by atoms with Gasteiger partial charge in [0.2, 0.25) is 0 Å². The van der Waals surface area contributed by atoms with Gasteiger partial charge in [-0.15, -0.1) is 6.58 Å². The molecule has 0 aromatic carbocycles. The Morgan fingerprint density at radius 2 is 1.77 bits per heavy atom. The monoisotopic (exact) mass is 217 g/mol. The lowest BCUT2D eigenvalue weighted by atomic mass is 10.1. The van der Waals surface area contributed by atoms with Gasteiger partial charge in [-0.2, -0.15) is 0 Å². The van der Waals surface area contributed by atoms with E-state index in [1.165, 1.54) is 0 Å². The van der Waals surface area contributed by atoms with Crippen molar-refractivity contribution in [2.45, 2.75) is 45.6 Å². The molecule has 4 heteroatoms. The van der Waals surface area contributed by atoms with Gasteiger partial charge < -0.3 is 8.54 Å². The Hall–Kier alpha value is 0.0938. The van der Waals surface area contributed by atoms with E-state index in [0.29, 0.717) is 0 Å². The van der Waals surface area contributed by atoms with Crippen molar-refractivity contribution < 1.29 is 8.54 Å². The summed E-state index contributed by atoms with van der Waals surface area (Å²) in [7, 11) is -2.62. The second kappa shape index (κ2) is 4.55. The molecule has 0 fully saturated rings. The Morgan fingerprint density at radius 1 is 1.31 bits per heavy atom. The Balaban J connectivity index is 4.23. The van der Waals surface area contributed by atoms with Crippen LogP contribution < -0.4 is 0 Å². The van der Waals surface area contributed by atoms with E-state index in [2.05, 4.69) is 32.8 Å². The first-order valence-corrected chi connectivity index (χ1v) is 9.74. The van der Waals surface area contributed by atoms with E-state index >= 15 is 0 Å². The van der Waals surface area contributed by atoms with Crippen LogP contribution in [0.2, 0.25) is 26.2 Å². The second-order valence-corrected chi connectivity index (χ2v) is 9.96. The van der Waals surface area contributed by atoms with Crippen molar-refractivity contribution in [2.75, 3.05) is 0 Å². The fourth-order valence-electron chi connectivity index (χ4n) is 1.19. The van der Waals surface area contributed by atoms with Gasteiger partial charge in [0.25, 0.3) is 0 Å². The van der Waals surface area contributed by atoms with Crippen LogP contribution in [0.15, 0.2) is 12.7 Å². The van der Waals surface area contributed by atoms with Gasteiger partial charge in [0.1, 0.15) is 0 Å². The van der Waals surface area contributed by atoms with E-state index in [1.807, 2.05) is 19.9 Å². The topological polar surface area (TPSA) is 18.5 Å². The number of rotatable bonds is 5. The summed E-state index contributed by atoms with van der Waals surface area (Å²) < 4.78 is 11.8. The zero-order chi connectivity index (χ0) is 10.7. The van der Waals surface area contributed by atoms with Crippen molar-refractivity contribution in [3.63, 3.8) is 0 Å². The lowest BCUT2D eigenvalue weighted by molar-refractivity contribution is 0.121. The lowest BCUT2D eigenvalue weighted by Crippen LogP contribution is -2.45. The van der Waals surface area contributed by atoms with Gasteiger partial charge in [0.05, 0.1) is 5.60 Å². The second-order valence-electron chi connectivity index (χ2n) is 4.32. The molecule has 0 N–H and O–H groups in total. The summed E-state index contributed by atoms with van der Waals surface area (Å²) in [6, 6.07) is 0. The summed E-state index contributed by atoms with van der Waals surface area (Å²) >= 11 is 0. The van der Waals surface area contributed by atoms with Crippen LogP contribution in [0.5, 0.6) is 0 Å². The lowest BCUT2D eigenvalue weighted by Gasteiger charge is -2.33. The maximum absolute atomic E-state index is 5.91. The Kier molecular flexibility index (Phi) is 4.58. The molecule has 0 aliphatic heterocycles. The zero-order valence-electron chi connectivity index (χ0n) is 9.60. The molecule has 0 aromatic heterocycles. The molecule has 0 amide bonds. The van der Waals surface area contributed by atoms with Crippen molar-refractivity contribution in [2.24, 2.45) is 0 Å². The molecule has 13 heavy (non-hydrogen) atoms. The molecule has 0 spiro atoms. The highest BCUT2D eigenvalue weighted by atomic mass is 28.4. The summed E-state index contributed by atoms with van der Waals surface area (Å²) in [4.78, 5) is 0. The minimum atomic E-state index is -1.95. The van der Waals surface area contributed by atoms with Crippen LogP contribution in [-0.2, 0) is 8.54 Å². The fraction of sp³-hybridized carbons (Fsp3) is 0.778. The minimum Gasteiger partial charge on any atom is -0.436 e. The highest BCUT2D eigenvalue weighted by Crippen LogP contribution is 2.19. The third-order valence-electron chi connectivity index (χ3n) is 1.45. The fourth-order valence-corrected chi connectivity index (χ4v) is 6.64. The van der Waals surface area contributed by atoms with E-state index in [9.17, 15) is 0 Å². The Labute approximate surface area is 84.9 Å². The van der Waals surface area contributed by atoms with Crippen LogP contribution in [0.4, 0.5) is 0 Å². The molecule has 0 saturated carbocycles. The van der Waals surface area contributed by atoms with Crippen molar-refractivity contribution >= 4 is 17.6 Å². The molecule has 0 aliphatic rings. The molecule has 0 saturated heterocycles. The zero-order valence-corrected chi connectivity index (χ0v) is 11.6. The van der Waals surface area contributed by atoms with E-state index in [0.717, 1.165) is 0 Å². The third kappa shape index (κ3) is 6.20. The Morgan fingerprint density at radius 3 is 2.08 bits per heavy atom. The van der Waals surface area contributed by atoms with Gasteiger partial charge in [0, 0.05) is 0 Å². The maximum atomic E-state index is 5.91. The smallest absolute Gasteiger partial charge is 0.322 e. The van der Waals surface area contributed by atoms with Gasteiger partial charge in [-0.25, -0.2) is 0 Å². The molecule has 0 unspecified atom stereocenters. The molecule has 77 valence electrons. The summed E-state index contributed by atoms with van der Waals surface area (Å²) in [6.45, 7) is 16.2. The van der Waals surface area contributed by atoms with Crippen molar-refractivity contribution in [3.05, 3.63) is 12.7 Å². The largest absolute Gasteiger partial charge is 0.436 e. The normalized spacial score (nSPS) is 13.5. The predicted octanol–water partition coefficient (Wildman–Crippen LogP) is 2.94. The molecular formula is C9H21O2Si2. The summed E-state index contributed by atoms with van der Waals surface area (Å²) in [5.74, 6) is 0. The van der Waals surface area contributed by atoms with Crippen molar-refractivity contribution in [1.29, 1.82) is 0 Å². The minimum absolute atomic E-state index is 0.271. The molecule has 0 bridgehead atoms. The average molecular weight is 217 g/mol. The molecule has 0 rings (SSSR count). The summed E-state index contributed by atoms with van der Waals surface area (Å²) in [5, 5.41) is 0. The van der Waals surface area contributed by atoms with Crippen LogP contribution in [0.25, 0.3) is 0 Å². The van der Waals surface area contributed by atoms with E-state index in [4.69, 9.17) is 8.54 Å². The van der Waals surface area contributed by atoms with Gasteiger partial charge in [-0.05, 0) is 40.0 Å². The molecule has 0 atom stereocenters. The van der Waals surface area contributed by atoms with Gasteiger partial charge in [0.15, 0.2) is 9.04 Å². The average Bonchev–Trinajstić information content (AvgIpc) is 1.81. The Bertz CT molecular complexity index is 176. The van der Waals surface area contributed by atoms with Crippen LogP contribution in [-0.4, -0.2) is 23.2 Å². The maximum Gasteiger partial charge on any atom is 0.322 e. The number of hydrogen-bond donors (Lipinski definition) is 0. The van der Waals surface area contributed by atoms with Crippen molar-refractivity contribution in [1.82, 2.24) is 0 Å². The van der Waals surface area contributed by atoms with E-state index in [-0.39, 0.29) is 5.60 Å². The highest BCUT2D eigenvalue weighted by Gasteiger charge is 2.32. The quantitative estimate of drug-likeness (QED) is 0.521. The van der Waals surface area contributed by atoms with Gasteiger partial charge in [-0.1, -0.05) is 6.08 Å². The number of hydrogen-bond acceptors (Lipinski definition) is 2. The van der Waals surface area contributed by atoms with Crippen LogP contribution in [0.1, 0.15) is 13.8 Å². The molecule has 0 aliphatic carbocycles. The van der Waals surface area contributed by atoms with Gasteiger partial charge in [-0.3, -0.25) is 0 Å². The highest BCUT2D eigenvalue weighted by molar-refractivity contribution is 6.73. The first-order valence-electron chi connectivity index (χ1n) is 4.51. The standard InChI is InChI=1S/C9H21O2Si2/c1-8-9(2,3)10-13(6,7)11-12(4)5/h8H,1H2,2-7H3. The molecule has 1 radical (unpaired) electrons. The predicted molar refractivity (Wildman–Crippen MR) is 61.4 cm³/mol. The summed E-state index contributed by atoms with van der Waals surface area (Å²) in [6.07, 6.45) is 1.82. The van der Waals surface area contributed by atoms with E-state index in [1.54, 1.807) is 0 Å². The summed E-state index contributed by atoms with van der Waals surface area (Å²) in [5.41, 5.74) is -0.271. The SMILES string of the molecule is C=CC(C)(C)O[Si](C)(C)O[Si](C)C. The first-order chi connectivity index (χ1) is 5.68.